The molecule has 0 radical (unpaired) electrons. The molecule has 5 heteroatoms. The van der Waals surface area contributed by atoms with E-state index in [-0.39, 0.29) is 0 Å². The molecule has 0 spiro atoms. The highest BCUT2D eigenvalue weighted by molar-refractivity contribution is 8.02. The topological polar surface area (TPSA) is 42.0 Å². The summed E-state index contributed by atoms with van der Waals surface area (Å²) in [5.74, 6) is 0. The average molecular weight is 281 g/mol. The van der Waals surface area contributed by atoms with Gasteiger partial charge in [-0.2, -0.15) is 0 Å². The van der Waals surface area contributed by atoms with Crippen LogP contribution in [0.5, 0.6) is 0 Å². The van der Waals surface area contributed by atoms with Gasteiger partial charge in [-0.25, -0.2) is 4.98 Å². The van der Waals surface area contributed by atoms with Crippen LogP contribution in [-0.4, -0.2) is 17.5 Å². The first-order valence-electron chi connectivity index (χ1n) is 5.57. The quantitative estimate of drug-likeness (QED) is 0.671. The number of carbonyl (C=O) groups is 1. The van der Waals surface area contributed by atoms with E-state index in [0.29, 0.717) is 16.4 Å². The number of thioether (sulfide) groups is 1. The standard InChI is InChI=1S/C13H13ClN2OS/c1-18-12-5-3-2-4-10(12)16-11-6-13(14)15-7-9(11)8-17/h4-8H,2-3H2,1H3,(H,15,16). The van der Waals surface area contributed by atoms with Crippen molar-refractivity contribution in [3.05, 3.63) is 45.7 Å². The Hall–Kier alpha value is -1.26. The second kappa shape index (κ2) is 6.07. The molecule has 2 rings (SSSR count). The minimum atomic E-state index is 0.370. The molecule has 18 heavy (non-hydrogen) atoms. The zero-order valence-corrected chi connectivity index (χ0v) is 11.5. The summed E-state index contributed by atoms with van der Waals surface area (Å²) in [5, 5.41) is 3.63. The number of pyridine rings is 1. The van der Waals surface area contributed by atoms with Crippen LogP contribution in [0.25, 0.3) is 0 Å². The number of aldehydes is 1. The van der Waals surface area contributed by atoms with Gasteiger partial charge in [-0.15, -0.1) is 11.8 Å². The van der Waals surface area contributed by atoms with Crippen molar-refractivity contribution in [2.45, 2.75) is 12.8 Å². The summed E-state index contributed by atoms with van der Waals surface area (Å²) in [6.07, 6.45) is 10.7. The van der Waals surface area contributed by atoms with E-state index < -0.39 is 0 Å². The van der Waals surface area contributed by atoms with E-state index in [0.717, 1.165) is 24.8 Å². The van der Waals surface area contributed by atoms with Gasteiger partial charge in [0.25, 0.3) is 0 Å². The van der Waals surface area contributed by atoms with Crippen LogP contribution in [0.2, 0.25) is 5.15 Å². The summed E-state index contributed by atoms with van der Waals surface area (Å²) in [4.78, 5) is 16.1. The summed E-state index contributed by atoms with van der Waals surface area (Å²) in [7, 11) is 0. The monoisotopic (exact) mass is 280 g/mol. The van der Waals surface area contributed by atoms with Crippen LogP contribution in [0.15, 0.2) is 35.0 Å². The Kier molecular flexibility index (Phi) is 4.44. The van der Waals surface area contributed by atoms with Gasteiger partial charge in [-0.1, -0.05) is 23.8 Å². The van der Waals surface area contributed by atoms with Crippen molar-refractivity contribution in [1.29, 1.82) is 0 Å². The number of hydrogen-bond acceptors (Lipinski definition) is 4. The van der Waals surface area contributed by atoms with Crippen molar-refractivity contribution in [3.8, 4) is 0 Å². The summed E-state index contributed by atoms with van der Waals surface area (Å²) in [6.45, 7) is 0. The molecule has 0 fully saturated rings. The molecule has 94 valence electrons. The van der Waals surface area contributed by atoms with Gasteiger partial charge >= 0.3 is 0 Å². The number of aromatic nitrogens is 1. The van der Waals surface area contributed by atoms with Crippen molar-refractivity contribution in [3.63, 3.8) is 0 Å². The fourth-order valence-electron chi connectivity index (χ4n) is 1.75. The van der Waals surface area contributed by atoms with Crippen LogP contribution >= 0.6 is 23.4 Å². The van der Waals surface area contributed by atoms with Gasteiger partial charge < -0.3 is 5.32 Å². The third-order valence-corrected chi connectivity index (χ3v) is 3.66. The molecule has 0 amide bonds. The number of anilines is 1. The second-order valence-electron chi connectivity index (χ2n) is 3.80. The highest BCUT2D eigenvalue weighted by Crippen LogP contribution is 2.29. The minimum absolute atomic E-state index is 0.370. The van der Waals surface area contributed by atoms with E-state index in [1.807, 2.05) is 6.26 Å². The molecule has 0 saturated carbocycles. The van der Waals surface area contributed by atoms with Crippen molar-refractivity contribution < 1.29 is 4.79 Å². The zero-order valence-electron chi connectivity index (χ0n) is 9.94. The number of halogens is 1. The lowest BCUT2D eigenvalue weighted by molar-refractivity contribution is 0.112. The first kappa shape index (κ1) is 13.2. The molecule has 1 aromatic rings. The predicted molar refractivity (Wildman–Crippen MR) is 77.2 cm³/mol. The molecule has 1 heterocycles. The van der Waals surface area contributed by atoms with E-state index in [1.54, 1.807) is 17.8 Å². The molecular formula is C13H13ClN2OS. The zero-order chi connectivity index (χ0) is 13.0. The maximum Gasteiger partial charge on any atom is 0.153 e. The molecule has 0 bridgehead atoms. The van der Waals surface area contributed by atoms with Gasteiger partial charge in [0.15, 0.2) is 6.29 Å². The number of nitrogens with zero attached hydrogens (tertiary/aromatic N) is 1. The molecule has 0 saturated heterocycles. The maximum absolute atomic E-state index is 11.0. The van der Waals surface area contributed by atoms with Crippen molar-refractivity contribution >= 4 is 35.3 Å². The molecule has 1 aliphatic rings. The Balaban J connectivity index is 2.28. The fourth-order valence-corrected chi connectivity index (χ4v) is 2.54. The largest absolute Gasteiger partial charge is 0.354 e. The number of nitrogens with one attached hydrogen (secondary N) is 1. The maximum atomic E-state index is 11.0. The third-order valence-electron chi connectivity index (χ3n) is 2.63. The first-order valence-corrected chi connectivity index (χ1v) is 7.17. The van der Waals surface area contributed by atoms with Gasteiger partial charge in [0, 0.05) is 16.8 Å². The van der Waals surface area contributed by atoms with Crippen molar-refractivity contribution in [1.82, 2.24) is 4.98 Å². The van der Waals surface area contributed by atoms with Gasteiger partial charge in [0.2, 0.25) is 0 Å². The molecule has 1 aliphatic carbocycles. The number of allylic oxidation sites excluding steroid dienone is 2. The Bertz CT molecular complexity index is 526. The van der Waals surface area contributed by atoms with Crippen LogP contribution in [0.3, 0.4) is 0 Å². The SMILES string of the molecule is CSC1=CCCC=C1Nc1cc(Cl)ncc1C=O. The molecule has 0 atom stereocenters. The molecule has 0 aliphatic heterocycles. The Morgan fingerprint density at radius 1 is 1.44 bits per heavy atom. The Morgan fingerprint density at radius 3 is 2.94 bits per heavy atom. The lowest BCUT2D eigenvalue weighted by Gasteiger charge is -2.17. The highest BCUT2D eigenvalue weighted by Gasteiger charge is 2.11. The van der Waals surface area contributed by atoms with Gasteiger partial charge in [0.1, 0.15) is 5.15 Å². The molecule has 0 aromatic carbocycles. The van der Waals surface area contributed by atoms with Gasteiger partial charge in [0.05, 0.1) is 11.3 Å². The third kappa shape index (κ3) is 2.94. The van der Waals surface area contributed by atoms with Gasteiger partial charge in [-0.3, -0.25) is 4.79 Å². The summed E-state index contributed by atoms with van der Waals surface area (Å²) in [6, 6.07) is 1.67. The van der Waals surface area contributed by atoms with E-state index >= 15 is 0 Å². The summed E-state index contributed by atoms with van der Waals surface area (Å²) >= 11 is 7.54. The molecule has 0 unspecified atom stereocenters. The normalized spacial score (nSPS) is 14.8. The number of rotatable bonds is 4. The highest BCUT2D eigenvalue weighted by atomic mass is 35.5. The van der Waals surface area contributed by atoms with Crippen LogP contribution in [0.1, 0.15) is 23.2 Å². The average Bonchev–Trinajstić information content (AvgIpc) is 2.40. The van der Waals surface area contributed by atoms with E-state index in [1.165, 1.54) is 11.1 Å². The van der Waals surface area contributed by atoms with E-state index in [9.17, 15) is 4.79 Å². The van der Waals surface area contributed by atoms with E-state index in [4.69, 9.17) is 11.6 Å². The summed E-state index contributed by atoms with van der Waals surface area (Å²) in [5.41, 5.74) is 2.23. The Morgan fingerprint density at radius 2 is 2.22 bits per heavy atom. The molecular weight excluding hydrogens is 268 g/mol. The number of hydrogen-bond donors (Lipinski definition) is 1. The van der Waals surface area contributed by atoms with Crippen molar-refractivity contribution in [2.75, 3.05) is 11.6 Å². The lowest BCUT2D eigenvalue weighted by Crippen LogP contribution is -2.06. The van der Waals surface area contributed by atoms with Gasteiger partial charge in [-0.05, 0) is 25.2 Å². The predicted octanol–water partition coefficient (Wildman–Crippen LogP) is 3.88. The van der Waals surface area contributed by atoms with E-state index in [2.05, 4.69) is 22.5 Å². The fraction of sp³-hybridized carbons (Fsp3) is 0.231. The lowest BCUT2D eigenvalue weighted by atomic mass is 10.1. The first-order chi connectivity index (χ1) is 8.74. The molecule has 1 aromatic heterocycles. The smallest absolute Gasteiger partial charge is 0.153 e. The van der Waals surface area contributed by atoms with Crippen molar-refractivity contribution in [2.24, 2.45) is 0 Å². The minimum Gasteiger partial charge on any atom is -0.354 e. The number of carbonyl (C=O) groups excluding carboxylic acids is 1. The Labute approximate surface area is 115 Å². The molecule has 1 N–H and O–H groups in total. The van der Waals surface area contributed by atoms with Crippen LogP contribution in [-0.2, 0) is 0 Å². The summed E-state index contributed by atoms with van der Waals surface area (Å²) < 4.78 is 0. The van der Waals surface area contributed by atoms with Crippen LogP contribution in [0, 0.1) is 0 Å². The van der Waals surface area contributed by atoms with Crippen LogP contribution in [0.4, 0.5) is 5.69 Å². The second-order valence-corrected chi connectivity index (χ2v) is 5.04. The van der Waals surface area contributed by atoms with Crippen LogP contribution < -0.4 is 5.32 Å². The molecule has 3 nitrogen and oxygen atoms in total.